The molecule has 0 spiro atoms. The van der Waals surface area contributed by atoms with Gasteiger partial charge >= 0.3 is 0 Å². The van der Waals surface area contributed by atoms with Gasteiger partial charge in [-0.1, -0.05) is 48.2 Å². The van der Waals surface area contributed by atoms with E-state index in [1.54, 1.807) is 16.7 Å². The Labute approximate surface area is 174 Å². The number of nitrogens with zero attached hydrogens (tertiary/aromatic N) is 6. The summed E-state index contributed by atoms with van der Waals surface area (Å²) in [6.07, 6.45) is 1.67. The van der Waals surface area contributed by atoms with Gasteiger partial charge < -0.3 is 4.42 Å². The summed E-state index contributed by atoms with van der Waals surface area (Å²) in [5, 5.41) is 18.0. The standard InChI is InChI=1S/C21H16N6O2S/c1-2-12-26-19(28)15-10-6-7-11-16(15)27-20(26)24-25-21(27)30-13-17-22-23-18(29-17)14-8-4-3-5-9-14/h2-11H,1,12-13H2. The summed E-state index contributed by atoms with van der Waals surface area (Å²) in [6, 6.07) is 17.0. The van der Waals surface area contributed by atoms with Gasteiger partial charge in [0.15, 0.2) is 5.16 Å². The Bertz CT molecular complexity index is 1420. The first-order valence-corrected chi connectivity index (χ1v) is 10.2. The Kier molecular flexibility index (Phi) is 4.64. The van der Waals surface area contributed by atoms with Crippen LogP contribution in [-0.4, -0.2) is 29.4 Å². The fourth-order valence-corrected chi connectivity index (χ4v) is 4.03. The second-order valence-corrected chi connectivity index (χ2v) is 7.44. The smallest absolute Gasteiger partial charge is 0.263 e. The lowest BCUT2D eigenvalue weighted by Gasteiger charge is -2.09. The number of para-hydroxylation sites is 1. The minimum atomic E-state index is -0.119. The van der Waals surface area contributed by atoms with E-state index in [9.17, 15) is 4.79 Å². The predicted octanol–water partition coefficient (Wildman–Crippen LogP) is 3.57. The Hall–Kier alpha value is -3.72. The summed E-state index contributed by atoms with van der Waals surface area (Å²) in [4.78, 5) is 12.9. The highest BCUT2D eigenvalue weighted by Crippen LogP contribution is 2.25. The normalized spacial score (nSPS) is 11.3. The topological polar surface area (TPSA) is 91.1 Å². The Balaban J connectivity index is 1.52. The van der Waals surface area contributed by atoms with E-state index in [-0.39, 0.29) is 5.56 Å². The van der Waals surface area contributed by atoms with E-state index >= 15 is 0 Å². The van der Waals surface area contributed by atoms with Crippen molar-refractivity contribution < 1.29 is 4.42 Å². The molecule has 0 fully saturated rings. The van der Waals surface area contributed by atoms with Crippen LogP contribution in [-0.2, 0) is 12.3 Å². The largest absolute Gasteiger partial charge is 0.420 e. The van der Waals surface area contributed by atoms with Crippen LogP contribution in [0.5, 0.6) is 0 Å². The maximum Gasteiger partial charge on any atom is 0.263 e. The zero-order valence-corrected chi connectivity index (χ0v) is 16.6. The lowest BCUT2D eigenvalue weighted by molar-refractivity contribution is 0.528. The molecule has 148 valence electrons. The van der Waals surface area contributed by atoms with Crippen molar-refractivity contribution in [2.75, 3.05) is 0 Å². The molecule has 0 aliphatic rings. The first kappa shape index (κ1) is 18.3. The second kappa shape index (κ2) is 7.60. The van der Waals surface area contributed by atoms with Gasteiger partial charge in [0.1, 0.15) is 0 Å². The van der Waals surface area contributed by atoms with Crippen LogP contribution in [0.4, 0.5) is 0 Å². The summed E-state index contributed by atoms with van der Waals surface area (Å²) in [5.41, 5.74) is 1.50. The molecule has 0 saturated carbocycles. The molecule has 0 bridgehead atoms. The van der Waals surface area contributed by atoms with E-state index in [0.29, 0.717) is 40.4 Å². The number of benzene rings is 2. The van der Waals surface area contributed by atoms with Crippen molar-refractivity contribution in [2.24, 2.45) is 0 Å². The van der Waals surface area contributed by atoms with Crippen LogP contribution in [0.2, 0.25) is 0 Å². The highest BCUT2D eigenvalue weighted by molar-refractivity contribution is 7.98. The molecule has 30 heavy (non-hydrogen) atoms. The van der Waals surface area contributed by atoms with Gasteiger partial charge in [0, 0.05) is 12.1 Å². The molecule has 0 N–H and O–H groups in total. The molecular weight excluding hydrogens is 400 g/mol. The average molecular weight is 416 g/mol. The Morgan fingerprint density at radius 2 is 1.80 bits per heavy atom. The van der Waals surface area contributed by atoms with Gasteiger partial charge in [-0.05, 0) is 24.3 Å². The van der Waals surface area contributed by atoms with Crippen LogP contribution < -0.4 is 5.56 Å². The number of rotatable bonds is 6. The number of thioether (sulfide) groups is 1. The molecule has 0 unspecified atom stereocenters. The molecule has 0 saturated heterocycles. The van der Waals surface area contributed by atoms with Crippen LogP contribution in [0.25, 0.3) is 28.1 Å². The summed E-state index contributed by atoms with van der Waals surface area (Å²) < 4.78 is 9.22. The van der Waals surface area contributed by atoms with Crippen molar-refractivity contribution in [3.8, 4) is 11.5 Å². The van der Waals surface area contributed by atoms with Crippen molar-refractivity contribution >= 4 is 28.4 Å². The fourth-order valence-electron chi connectivity index (χ4n) is 3.26. The molecule has 3 aromatic heterocycles. The third-order valence-corrected chi connectivity index (χ3v) is 5.52. The molecule has 8 nitrogen and oxygen atoms in total. The van der Waals surface area contributed by atoms with Crippen LogP contribution in [0.15, 0.2) is 81.6 Å². The average Bonchev–Trinajstić information content (AvgIpc) is 3.43. The molecule has 0 amide bonds. The van der Waals surface area contributed by atoms with Gasteiger partial charge in [-0.25, -0.2) is 0 Å². The predicted molar refractivity (Wildman–Crippen MR) is 114 cm³/mol. The molecule has 0 atom stereocenters. The van der Waals surface area contributed by atoms with Crippen LogP contribution >= 0.6 is 11.8 Å². The third-order valence-electron chi connectivity index (χ3n) is 4.60. The van der Waals surface area contributed by atoms with E-state index < -0.39 is 0 Å². The summed E-state index contributed by atoms with van der Waals surface area (Å²) in [5.74, 6) is 1.86. The SMILES string of the molecule is C=CCn1c(=O)c2ccccc2n2c(SCc3nnc(-c4ccccc4)o3)nnc12. The molecule has 5 rings (SSSR count). The molecule has 5 aromatic rings. The van der Waals surface area contributed by atoms with Gasteiger partial charge in [0.25, 0.3) is 5.56 Å². The molecular formula is C21H16N6O2S. The van der Waals surface area contributed by atoms with Gasteiger partial charge in [-0.3, -0.25) is 13.8 Å². The maximum absolute atomic E-state index is 12.9. The summed E-state index contributed by atoms with van der Waals surface area (Å²) in [7, 11) is 0. The number of allylic oxidation sites excluding steroid dienone is 1. The van der Waals surface area contributed by atoms with Crippen LogP contribution in [0, 0.1) is 0 Å². The summed E-state index contributed by atoms with van der Waals surface area (Å²) >= 11 is 1.42. The zero-order valence-electron chi connectivity index (χ0n) is 15.8. The highest BCUT2D eigenvalue weighted by atomic mass is 32.2. The quantitative estimate of drug-likeness (QED) is 0.309. The van der Waals surface area contributed by atoms with E-state index in [1.807, 2.05) is 52.9 Å². The van der Waals surface area contributed by atoms with E-state index in [0.717, 1.165) is 11.1 Å². The van der Waals surface area contributed by atoms with Crippen molar-refractivity contribution in [1.82, 2.24) is 29.4 Å². The van der Waals surface area contributed by atoms with Crippen molar-refractivity contribution in [3.63, 3.8) is 0 Å². The molecule has 9 heteroatoms. The molecule has 0 aliphatic heterocycles. The molecule has 0 radical (unpaired) electrons. The molecule has 0 aliphatic carbocycles. The highest BCUT2D eigenvalue weighted by Gasteiger charge is 2.17. The fraction of sp³-hybridized carbons (Fsp3) is 0.0952. The summed E-state index contributed by atoms with van der Waals surface area (Å²) in [6.45, 7) is 4.09. The van der Waals surface area contributed by atoms with Crippen molar-refractivity contribution in [1.29, 1.82) is 0 Å². The number of hydrogen-bond acceptors (Lipinski definition) is 7. The van der Waals surface area contributed by atoms with Gasteiger partial charge in [0.2, 0.25) is 17.6 Å². The minimum absolute atomic E-state index is 0.119. The maximum atomic E-state index is 12.9. The Morgan fingerprint density at radius 1 is 1.00 bits per heavy atom. The first-order chi connectivity index (χ1) is 14.8. The third kappa shape index (κ3) is 3.09. The molecule has 2 aromatic carbocycles. The molecule has 3 heterocycles. The van der Waals surface area contributed by atoms with Gasteiger partial charge in [-0.2, -0.15) is 0 Å². The second-order valence-electron chi connectivity index (χ2n) is 6.50. The lowest BCUT2D eigenvalue weighted by Crippen LogP contribution is -2.22. The minimum Gasteiger partial charge on any atom is -0.420 e. The number of aromatic nitrogens is 6. The lowest BCUT2D eigenvalue weighted by atomic mass is 10.2. The van der Waals surface area contributed by atoms with Gasteiger partial charge in [-0.15, -0.1) is 27.0 Å². The zero-order chi connectivity index (χ0) is 20.5. The van der Waals surface area contributed by atoms with Crippen LogP contribution in [0.1, 0.15) is 5.89 Å². The van der Waals surface area contributed by atoms with E-state index in [2.05, 4.69) is 27.0 Å². The Morgan fingerprint density at radius 3 is 2.63 bits per heavy atom. The van der Waals surface area contributed by atoms with Gasteiger partial charge in [0.05, 0.1) is 16.7 Å². The van der Waals surface area contributed by atoms with Crippen molar-refractivity contribution in [2.45, 2.75) is 17.5 Å². The first-order valence-electron chi connectivity index (χ1n) is 9.24. The van der Waals surface area contributed by atoms with E-state index in [1.165, 1.54) is 11.8 Å². The number of fused-ring (bicyclic) bond motifs is 3. The van der Waals surface area contributed by atoms with Crippen LogP contribution in [0.3, 0.4) is 0 Å². The van der Waals surface area contributed by atoms with E-state index in [4.69, 9.17) is 4.42 Å². The monoisotopic (exact) mass is 416 g/mol. The number of hydrogen-bond donors (Lipinski definition) is 0. The van der Waals surface area contributed by atoms with Crippen molar-refractivity contribution in [3.05, 3.63) is 83.5 Å².